The molecule has 1 saturated heterocycles. The molecule has 5 nitrogen and oxygen atoms in total. The van der Waals surface area contributed by atoms with E-state index in [0.29, 0.717) is 18.0 Å². The average molecular weight is 335 g/mol. The van der Waals surface area contributed by atoms with Crippen molar-refractivity contribution in [3.05, 3.63) is 53.3 Å². The van der Waals surface area contributed by atoms with Crippen molar-refractivity contribution >= 4 is 11.5 Å². The van der Waals surface area contributed by atoms with Gasteiger partial charge in [-0.15, -0.1) is 0 Å². The minimum absolute atomic E-state index is 0.0463. The van der Waals surface area contributed by atoms with Gasteiger partial charge in [0, 0.05) is 48.2 Å². The van der Waals surface area contributed by atoms with Gasteiger partial charge in [-0.05, 0) is 36.1 Å². The molecular formula is C20H21N3O2. The van der Waals surface area contributed by atoms with Gasteiger partial charge in [0.25, 0.3) is 0 Å². The van der Waals surface area contributed by atoms with Gasteiger partial charge in [0.05, 0.1) is 12.3 Å². The summed E-state index contributed by atoms with van der Waals surface area (Å²) in [6.45, 7) is 2.14. The summed E-state index contributed by atoms with van der Waals surface area (Å²) >= 11 is 0. The van der Waals surface area contributed by atoms with Gasteiger partial charge >= 0.3 is 0 Å². The maximum absolute atomic E-state index is 12.1. The Labute approximate surface area is 146 Å². The fourth-order valence-corrected chi connectivity index (χ4v) is 3.56. The number of benzene rings is 1. The number of carbonyl (C=O) groups is 1. The first-order valence-corrected chi connectivity index (χ1v) is 8.70. The standard InChI is InChI=1S/C20H21N3O2/c21-8-19-18-7-13(3-4-17(18)20(24)11-23-19)15-6-16(10-22-9-15)14-2-1-5-25-12-14/h3-4,6-7,9-10,14H,1-2,5,8,11-12,21H2. The highest BCUT2D eigenvalue weighted by Gasteiger charge is 2.21. The summed E-state index contributed by atoms with van der Waals surface area (Å²) in [4.78, 5) is 20.8. The topological polar surface area (TPSA) is 77.6 Å². The minimum atomic E-state index is 0.0463. The first kappa shape index (κ1) is 16.1. The van der Waals surface area contributed by atoms with E-state index >= 15 is 0 Å². The van der Waals surface area contributed by atoms with Gasteiger partial charge in [0.1, 0.15) is 6.54 Å². The van der Waals surface area contributed by atoms with Gasteiger partial charge in [-0.25, -0.2) is 0 Å². The third-order valence-electron chi connectivity index (χ3n) is 4.96. The van der Waals surface area contributed by atoms with Gasteiger partial charge in [-0.3, -0.25) is 14.8 Å². The summed E-state index contributed by atoms with van der Waals surface area (Å²) in [7, 11) is 0. The number of ether oxygens (including phenoxy) is 1. The molecule has 0 bridgehead atoms. The van der Waals surface area contributed by atoms with E-state index in [-0.39, 0.29) is 12.3 Å². The molecule has 1 unspecified atom stereocenters. The lowest BCUT2D eigenvalue weighted by Crippen LogP contribution is -2.24. The number of carbonyl (C=O) groups excluding carboxylic acids is 1. The van der Waals surface area contributed by atoms with Gasteiger partial charge in [-0.2, -0.15) is 0 Å². The zero-order valence-electron chi connectivity index (χ0n) is 14.1. The van der Waals surface area contributed by atoms with Crippen LogP contribution in [0, 0.1) is 0 Å². The molecule has 0 radical (unpaired) electrons. The largest absolute Gasteiger partial charge is 0.381 e. The summed E-state index contributed by atoms with van der Waals surface area (Å²) < 4.78 is 5.60. The van der Waals surface area contributed by atoms with Crippen LogP contribution in [-0.2, 0) is 4.74 Å². The molecule has 0 amide bonds. The van der Waals surface area contributed by atoms with Crippen LogP contribution in [0.2, 0.25) is 0 Å². The number of Topliss-reactive ketones (excluding diaryl/α,β-unsaturated/α-hetero) is 1. The lowest BCUT2D eigenvalue weighted by molar-refractivity contribution is 0.0803. The van der Waals surface area contributed by atoms with Crippen LogP contribution < -0.4 is 5.73 Å². The Morgan fingerprint density at radius 3 is 2.88 bits per heavy atom. The van der Waals surface area contributed by atoms with E-state index in [1.807, 2.05) is 30.6 Å². The fraction of sp³-hybridized carbons (Fsp3) is 0.350. The van der Waals surface area contributed by atoms with E-state index in [2.05, 4.69) is 16.0 Å². The van der Waals surface area contributed by atoms with Gasteiger partial charge in [0.2, 0.25) is 0 Å². The Bertz CT molecular complexity index is 839. The summed E-state index contributed by atoms with van der Waals surface area (Å²) in [5, 5.41) is 0. The molecule has 4 rings (SSSR count). The predicted molar refractivity (Wildman–Crippen MR) is 97.3 cm³/mol. The zero-order valence-corrected chi connectivity index (χ0v) is 14.1. The molecule has 128 valence electrons. The van der Waals surface area contributed by atoms with Crippen LogP contribution in [-0.4, -0.2) is 42.8 Å². The molecule has 2 aliphatic rings. The van der Waals surface area contributed by atoms with Crippen LogP contribution in [0.15, 0.2) is 41.7 Å². The van der Waals surface area contributed by atoms with E-state index < -0.39 is 0 Å². The molecule has 25 heavy (non-hydrogen) atoms. The number of hydrogen-bond acceptors (Lipinski definition) is 5. The highest BCUT2D eigenvalue weighted by atomic mass is 16.5. The van der Waals surface area contributed by atoms with Gasteiger partial charge in [0.15, 0.2) is 5.78 Å². The van der Waals surface area contributed by atoms with E-state index in [1.165, 1.54) is 5.56 Å². The van der Waals surface area contributed by atoms with Crippen LogP contribution in [0.4, 0.5) is 0 Å². The van der Waals surface area contributed by atoms with Crippen LogP contribution in [0.5, 0.6) is 0 Å². The van der Waals surface area contributed by atoms with Crippen molar-refractivity contribution in [2.75, 3.05) is 26.3 Å². The summed E-state index contributed by atoms with van der Waals surface area (Å²) in [5.41, 5.74) is 11.4. The van der Waals surface area contributed by atoms with Crippen LogP contribution in [0.25, 0.3) is 11.1 Å². The van der Waals surface area contributed by atoms with E-state index in [4.69, 9.17) is 10.5 Å². The Hall–Kier alpha value is -2.37. The molecule has 1 aromatic heterocycles. The second-order valence-corrected chi connectivity index (χ2v) is 6.57. The molecule has 5 heteroatoms. The van der Waals surface area contributed by atoms with Crippen molar-refractivity contribution in [3.8, 4) is 11.1 Å². The fourth-order valence-electron chi connectivity index (χ4n) is 3.56. The Kier molecular flexibility index (Phi) is 4.42. The molecule has 1 fully saturated rings. The van der Waals surface area contributed by atoms with Crippen molar-refractivity contribution in [2.24, 2.45) is 10.7 Å². The Balaban J connectivity index is 1.71. The van der Waals surface area contributed by atoms with E-state index in [0.717, 1.165) is 48.5 Å². The molecule has 3 heterocycles. The third-order valence-corrected chi connectivity index (χ3v) is 4.96. The second kappa shape index (κ2) is 6.86. The maximum atomic E-state index is 12.1. The second-order valence-electron chi connectivity index (χ2n) is 6.57. The molecule has 1 atom stereocenters. The lowest BCUT2D eigenvalue weighted by Gasteiger charge is -2.22. The van der Waals surface area contributed by atoms with Crippen molar-refractivity contribution in [1.82, 2.24) is 4.98 Å². The number of fused-ring (bicyclic) bond motifs is 1. The monoisotopic (exact) mass is 335 g/mol. The molecular weight excluding hydrogens is 314 g/mol. The van der Waals surface area contributed by atoms with Crippen molar-refractivity contribution in [2.45, 2.75) is 18.8 Å². The quantitative estimate of drug-likeness (QED) is 0.935. The smallest absolute Gasteiger partial charge is 0.184 e. The van der Waals surface area contributed by atoms with E-state index in [9.17, 15) is 4.79 Å². The third kappa shape index (κ3) is 3.13. The number of nitrogens with two attached hydrogens (primary N) is 1. The number of hydrogen-bond donors (Lipinski definition) is 1. The number of aliphatic imine (C=N–C) groups is 1. The van der Waals surface area contributed by atoms with Crippen LogP contribution in [0.1, 0.15) is 40.2 Å². The Morgan fingerprint density at radius 1 is 1.16 bits per heavy atom. The van der Waals surface area contributed by atoms with Gasteiger partial charge < -0.3 is 10.5 Å². The van der Waals surface area contributed by atoms with E-state index in [1.54, 1.807) is 0 Å². The summed E-state index contributed by atoms with van der Waals surface area (Å²) in [6, 6.07) is 8.05. The molecule has 0 spiro atoms. The first-order valence-electron chi connectivity index (χ1n) is 8.70. The summed E-state index contributed by atoms with van der Waals surface area (Å²) in [6.07, 6.45) is 6.01. The van der Waals surface area contributed by atoms with Crippen molar-refractivity contribution in [1.29, 1.82) is 0 Å². The number of pyridine rings is 1. The van der Waals surface area contributed by atoms with Crippen LogP contribution >= 0.6 is 0 Å². The highest BCUT2D eigenvalue weighted by molar-refractivity contribution is 6.16. The zero-order chi connectivity index (χ0) is 17.2. The first-order chi connectivity index (χ1) is 12.3. The lowest BCUT2D eigenvalue weighted by atomic mass is 9.90. The number of aromatic nitrogens is 1. The normalized spacial score (nSPS) is 20.1. The number of rotatable bonds is 3. The van der Waals surface area contributed by atoms with Crippen molar-refractivity contribution < 1.29 is 9.53 Å². The molecule has 1 aromatic carbocycles. The highest BCUT2D eigenvalue weighted by Crippen LogP contribution is 2.30. The average Bonchev–Trinajstić information content (AvgIpc) is 2.69. The molecule has 2 aliphatic heterocycles. The Morgan fingerprint density at radius 2 is 2.08 bits per heavy atom. The van der Waals surface area contributed by atoms with Gasteiger partial charge in [-0.1, -0.05) is 12.1 Å². The predicted octanol–water partition coefficient (Wildman–Crippen LogP) is 2.59. The number of ketones is 1. The molecule has 0 aliphatic carbocycles. The van der Waals surface area contributed by atoms with Crippen molar-refractivity contribution in [3.63, 3.8) is 0 Å². The molecule has 2 aromatic rings. The number of nitrogens with zero attached hydrogens (tertiary/aromatic N) is 2. The SMILES string of the molecule is NCC1=NCC(=O)c2ccc(-c3cncc(C4CCCOC4)c3)cc21. The molecule has 0 saturated carbocycles. The summed E-state index contributed by atoms with van der Waals surface area (Å²) in [5.74, 6) is 0.451. The van der Waals surface area contributed by atoms with Crippen LogP contribution in [0.3, 0.4) is 0 Å². The molecule has 2 N–H and O–H groups in total. The maximum Gasteiger partial charge on any atom is 0.184 e. The minimum Gasteiger partial charge on any atom is -0.381 e.